The molecule has 0 rings (SSSR count). The van der Waals surface area contributed by atoms with Crippen LogP contribution in [-0.4, -0.2) is 16.4 Å². The maximum atomic E-state index is 10.4. The molecule has 0 aliphatic heterocycles. The van der Waals surface area contributed by atoms with E-state index < -0.39 is 0 Å². The summed E-state index contributed by atoms with van der Waals surface area (Å²) in [5.74, 6) is 0.697. The van der Waals surface area contributed by atoms with Gasteiger partial charge in [0.15, 0.2) is 5.12 Å². The minimum atomic E-state index is -0.226. The van der Waals surface area contributed by atoms with Gasteiger partial charge < -0.3 is 5.73 Å². The molecule has 0 aromatic heterocycles. The van der Waals surface area contributed by atoms with Gasteiger partial charge in [-0.15, -0.1) is 0 Å². The molecule has 0 aliphatic rings. The van der Waals surface area contributed by atoms with Crippen LogP contribution in [-0.2, 0) is 4.79 Å². The molecule has 0 bridgehead atoms. The van der Waals surface area contributed by atoms with E-state index in [9.17, 15) is 4.79 Å². The Kier molecular flexibility index (Phi) is 3.22. The molecule has 0 amide bonds. The van der Waals surface area contributed by atoms with Gasteiger partial charge in [0.2, 0.25) is 0 Å². The largest absolute Gasteiger partial charge is 0.325 e. The van der Waals surface area contributed by atoms with Crippen LogP contribution in [0.1, 0.15) is 20.8 Å². The summed E-state index contributed by atoms with van der Waals surface area (Å²) >= 11 is 1.27. The molecule has 0 atom stereocenters. The number of hydrogen-bond donors (Lipinski definition) is 1. The van der Waals surface area contributed by atoms with Gasteiger partial charge in [-0.2, -0.15) is 0 Å². The summed E-state index contributed by atoms with van der Waals surface area (Å²) < 4.78 is 0. The highest BCUT2D eigenvalue weighted by Gasteiger charge is 2.11. The van der Waals surface area contributed by atoms with E-state index >= 15 is 0 Å². The Balaban J connectivity index is 3.39. The highest BCUT2D eigenvalue weighted by Crippen LogP contribution is 2.09. The second-order valence-electron chi connectivity index (χ2n) is 2.77. The van der Waals surface area contributed by atoms with E-state index in [1.807, 2.05) is 13.8 Å². The highest BCUT2D eigenvalue weighted by molar-refractivity contribution is 8.13. The number of carbonyl (C=O) groups is 1. The van der Waals surface area contributed by atoms with E-state index in [2.05, 4.69) is 0 Å². The van der Waals surface area contributed by atoms with Gasteiger partial charge in [0.1, 0.15) is 0 Å². The topological polar surface area (TPSA) is 43.1 Å². The molecule has 3 heteroatoms. The Hall–Kier alpha value is -0.0200. The molecule has 0 aliphatic carbocycles. The first-order valence-electron chi connectivity index (χ1n) is 2.84. The number of rotatable bonds is 2. The van der Waals surface area contributed by atoms with E-state index in [4.69, 9.17) is 5.73 Å². The standard InChI is InChI=1S/C6H13NOS/c1-5(8)9-4-6(2,3)7/h4,7H2,1-3H3. The lowest BCUT2D eigenvalue weighted by atomic mass is 10.1. The molecule has 0 spiro atoms. The van der Waals surface area contributed by atoms with Crippen LogP contribution in [0, 0.1) is 0 Å². The first-order valence-corrected chi connectivity index (χ1v) is 3.82. The summed E-state index contributed by atoms with van der Waals surface area (Å²) in [6.45, 7) is 5.36. The lowest BCUT2D eigenvalue weighted by molar-refractivity contribution is -0.109. The Morgan fingerprint density at radius 3 is 2.22 bits per heavy atom. The van der Waals surface area contributed by atoms with Gasteiger partial charge in [0, 0.05) is 18.2 Å². The summed E-state index contributed by atoms with van der Waals surface area (Å²) in [5.41, 5.74) is 5.38. The first-order chi connectivity index (χ1) is 3.92. The Morgan fingerprint density at radius 2 is 2.11 bits per heavy atom. The van der Waals surface area contributed by atoms with Crippen LogP contribution in [0.2, 0.25) is 0 Å². The van der Waals surface area contributed by atoms with Crippen molar-refractivity contribution in [2.75, 3.05) is 5.75 Å². The van der Waals surface area contributed by atoms with Crippen molar-refractivity contribution in [1.82, 2.24) is 0 Å². The van der Waals surface area contributed by atoms with Gasteiger partial charge in [-0.1, -0.05) is 11.8 Å². The third kappa shape index (κ3) is 7.98. The van der Waals surface area contributed by atoms with Gasteiger partial charge >= 0.3 is 0 Å². The van der Waals surface area contributed by atoms with Crippen molar-refractivity contribution in [1.29, 1.82) is 0 Å². The maximum Gasteiger partial charge on any atom is 0.185 e. The minimum absolute atomic E-state index is 0.133. The lowest BCUT2D eigenvalue weighted by Gasteiger charge is -2.15. The molecule has 2 N–H and O–H groups in total. The fourth-order valence-corrected chi connectivity index (χ4v) is 0.863. The van der Waals surface area contributed by atoms with Crippen molar-refractivity contribution in [3.8, 4) is 0 Å². The number of thioether (sulfide) groups is 1. The van der Waals surface area contributed by atoms with Gasteiger partial charge in [-0.25, -0.2) is 0 Å². The van der Waals surface area contributed by atoms with E-state index in [1.165, 1.54) is 11.8 Å². The van der Waals surface area contributed by atoms with Crippen LogP contribution in [0.3, 0.4) is 0 Å². The van der Waals surface area contributed by atoms with Gasteiger partial charge in [-0.3, -0.25) is 4.79 Å². The third-order valence-electron chi connectivity index (χ3n) is 0.647. The summed E-state index contributed by atoms with van der Waals surface area (Å²) in [5, 5.41) is 0.133. The van der Waals surface area contributed by atoms with Gasteiger partial charge in [0.05, 0.1) is 0 Å². The summed E-state index contributed by atoms with van der Waals surface area (Å²) in [6.07, 6.45) is 0. The molecule has 0 fully saturated rings. The minimum Gasteiger partial charge on any atom is -0.325 e. The van der Waals surface area contributed by atoms with Gasteiger partial charge in [-0.05, 0) is 13.8 Å². The SMILES string of the molecule is CC(=O)SCC(C)(C)N. The molecule has 0 saturated carbocycles. The van der Waals surface area contributed by atoms with E-state index in [0.717, 1.165) is 0 Å². The molecule has 2 nitrogen and oxygen atoms in total. The second-order valence-corrected chi connectivity index (χ2v) is 3.92. The zero-order chi connectivity index (χ0) is 7.49. The fraction of sp³-hybridized carbons (Fsp3) is 0.833. The zero-order valence-corrected chi connectivity index (χ0v) is 6.92. The highest BCUT2D eigenvalue weighted by atomic mass is 32.2. The van der Waals surface area contributed by atoms with Crippen LogP contribution in [0.5, 0.6) is 0 Å². The third-order valence-corrected chi connectivity index (χ3v) is 1.94. The quantitative estimate of drug-likeness (QED) is 0.633. The molecular formula is C6H13NOS. The molecule has 0 heterocycles. The van der Waals surface area contributed by atoms with Crippen molar-refractivity contribution in [3.63, 3.8) is 0 Å². The predicted octanol–water partition coefficient (Wildman–Crippen LogP) is 1.00. The molecule has 0 unspecified atom stereocenters. The van der Waals surface area contributed by atoms with Gasteiger partial charge in [0.25, 0.3) is 0 Å². The molecule has 54 valence electrons. The predicted molar refractivity (Wildman–Crippen MR) is 41.4 cm³/mol. The van der Waals surface area contributed by atoms with E-state index in [1.54, 1.807) is 6.92 Å². The number of carbonyl (C=O) groups excluding carboxylic acids is 1. The monoisotopic (exact) mass is 147 g/mol. The molecule has 9 heavy (non-hydrogen) atoms. The van der Waals surface area contributed by atoms with Crippen molar-refractivity contribution >= 4 is 16.9 Å². The molecular weight excluding hydrogens is 134 g/mol. The number of nitrogens with two attached hydrogens (primary N) is 1. The number of hydrogen-bond acceptors (Lipinski definition) is 3. The molecule has 0 saturated heterocycles. The van der Waals surface area contributed by atoms with Crippen molar-refractivity contribution in [3.05, 3.63) is 0 Å². The fourth-order valence-electron chi connectivity index (χ4n) is 0.288. The van der Waals surface area contributed by atoms with Crippen LogP contribution >= 0.6 is 11.8 Å². The smallest absolute Gasteiger partial charge is 0.185 e. The van der Waals surface area contributed by atoms with Crippen LogP contribution < -0.4 is 5.73 Å². The average molecular weight is 147 g/mol. The maximum absolute atomic E-state index is 10.4. The Labute approximate surface area is 60.2 Å². The van der Waals surface area contributed by atoms with Crippen LogP contribution in [0.4, 0.5) is 0 Å². The van der Waals surface area contributed by atoms with Crippen molar-refractivity contribution in [2.45, 2.75) is 26.3 Å². The Morgan fingerprint density at radius 1 is 1.67 bits per heavy atom. The second kappa shape index (κ2) is 3.22. The lowest BCUT2D eigenvalue weighted by Crippen LogP contribution is -2.35. The van der Waals surface area contributed by atoms with Crippen LogP contribution in [0.15, 0.2) is 0 Å². The zero-order valence-electron chi connectivity index (χ0n) is 6.10. The van der Waals surface area contributed by atoms with Crippen molar-refractivity contribution < 1.29 is 4.79 Å². The molecule has 0 aromatic rings. The Bertz CT molecular complexity index is 106. The summed E-state index contributed by atoms with van der Waals surface area (Å²) in [4.78, 5) is 10.4. The van der Waals surface area contributed by atoms with E-state index in [0.29, 0.717) is 5.75 Å². The van der Waals surface area contributed by atoms with Crippen LogP contribution in [0.25, 0.3) is 0 Å². The normalized spacial score (nSPS) is 11.6. The summed E-state index contributed by atoms with van der Waals surface area (Å²) in [6, 6.07) is 0. The molecule has 0 aromatic carbocycles. The average Bonchev–Trinajstić information content (AvgIpc) is 1.59. The molecule has 0 radical (unpaired) electrons. The summed E-state index contributed by atoms with van der Waals surface area (Å²) in [7, 11) is 0. The first kappa shape index (κ1) is 8.98. The van der Waals surface area contributed by atoms with Crippen molar-refractivity contribution in [2.24, 2.45) is 5.73 Å². The van der Waals surface area contributed by atoms with E-state index in [-0.39, 0.29) is 10.7 Å².